The second kappa shape index (κ2) is 12.9. The molecule has 5 rings (SSSR count). The number of benzene rings is 3. The highest BCUT2D eigenvalue weighted by Gasteiger charge is 2.33. The molecule has 0 saturated heterocycles. The van der Waals surface area contributed by atoms with Gasteiger partial charge in [-0.15, -0.1) is 0 Å². The minimum atomic E-state index is -0.673. The molecule has 0 aliphatic carbocycles. The number of carbonyl (C=O) groups excluding carboxylic acids is 1. The summed E-state index contributed by atoms with van der Waals surface area (Å²) < 4.78 is 19.1. The lowest BCUT2D eigenvalue weighted by molar-refractivity contribution is -0.384. The van der Waals surface area contributed by atoms with Crippen LogP contribution in [0.1, 0.15) is 43.5 Å². The zero-order valence-corrected chi connectivity index (χ0v) is 24.6. The molecular formula is C32H29N3O7S. The Morgan fingerprint density at radius 2 is 1.77 bits per heavy atom. The number of thiazole rings is 1. The van der Waals surface area contributed by atoms with Gasteiger partial charge in [0.1, 0.15) is 6.61 Å². The minimum Gasteiger partial charge on any atom is -0.490 e. The van der Waals surface area contributed by atoms with Crippen LogP contribution < -0.4 is 24.4 Å². The number of aromatic nitrogens is 1. The summed E-state index contributed by atoms with van der Waals surface area (Å²) in [7, 11) is 0. The van der Waals surface area contributed by atoms with E-state index in [2.05, 4.69) is 4.99 Å². The van der Waals surface area contributed by atoms with E-state index < -0.39 is 16.9 Å². The van der Waals surface area contributed by atoms with Gasteiger partial charge in [0.25, 0.3) is 11.2 Å². The van der Waals surface area contributed by atoms with E-state index in [4.69, 9.17) is 14.2 Å². The van der Waals surface area contributed by atoms with Crippen molar-refractivity contribution in [2.75, 3.05) is 13.2 Å². The van der Waals surface area contributed by atoms with Gasteiger partial charge in [-0.3, -0.25) is 19.5 Å². The first kappa shape index (κ1) is 29.5. The fourth-order valence-corrected chi connectivity index (χ4v) is 5.82. The highest BCUT2D eigenvalue weighted by atomic mass is 32.1. The molecule has 10 nitrogen and oxygen atoms in total. The molecule has 1 atom stereocenters. The molecule has 0 fully saturated rings. The molecule has 4 aromatic rings. The Morgan fingerprint density at radius 1 is 1.02 bits per heavy atom. The van der Waals surface area contributed by atoms with Crippen molar-refractivity contribution in [3.8, 4) is 11.5 Å². The van der Waals surface area contributed by atoms with E-state index in [1.165, 1.54) is 23.5 Å². The fourth-order valence-electron chi connectivity index (χ4n) is 4.77. The molecule has 3 aromatic carbocycles. The van der Waals surface area contributed by atoms with Crippen LogP contribution in [0.15, 0.2) is 93.9 Å². The van der Waals surface area contributed by atoms with Gasteiger partial charge in [0, 0.05) is 12.1 Å². The number of hydrogen-bond acceptors (Lipinski definition) is 9. The van der Waals surface area contributed by atoms with E-state index in [1.54, 1.807) is 48.8 Å². The third kappa shape index (κ3) is 6.26. The largest absolute Gasteiger partial charge is 0.490 e. The number of nitro groups is 1. The molecule has 11 heteroatoms. The summed E-state index contributed by atoms with van der Waals surface area (Å²) >= 11 is 1.24. The SMILES string of the molecule is CCOC(=O)C1=C(C)N=c2s/c(=C\c3ccc(OCc4ccc([N+](=O)[O-])cc4)c(OCC)c3)c(=O)n2[C@H]1c1ccccc1. The van der Waals surface area contributed by atoms with Gasteiger partial charge in [-0.05, 0) is 67.8 Å². The van der Waals surface area contributed by atoms with Crippen LogP contribution in [0.2, 0.25) is 0 Å². The third-order valence-electron chi connectivity index (χ3n) is 6.74. The molecule has 2 heterocycles. The number of nitro benzene ring substituents is 1. The van der Waals surface area contributed by atoms with E-state index in [0.717, 1.165) is 11.1 Å². The van der Waals surface area contributed by atoms with Crippen LogP contribution in [0, 0.1) is 10.1 Å². The average molecular weight is 600 g/mol. The average Bonchev–Trinajstić information content (AvgIpc) is 3.30. The predicted octanol–water partition coefficient (Wildman–Crippen LogP) is 4.68. The Bertz CT molecular complexity index is 1880. The monoisotopic (exact) mass is 599 g/mol. The molecule has 0 amide bonds. The molecule has 0 bridgehead atoms. The number of allylic oxidation sites excluding steroid dienone is 1. The maximum Gasteiger partial charge on any atom is 0.338 e. The normalized spacial score (nSPS) is 14.6. The zero-order valence-electron chi connectivity index (χ0n) is 23.8. The maximum absolute atomic E-state index is 13.8. The van der Waals surface area contributed by atoms with Gasteiger partial charge in [-0.1, -0.05) is 47.7 Å². The Balaban J connectivity index is 1.50. The molecule has 0 spiro atoms. The van der Waals surface area contributed by atoms with Gasteiger partial charge >= 0.3 is 5.97 Å². The van der Waals surface area contributed by atoms with Crippen molar-refractivity contribution in [3.63, 3.8) is 0 Å². The second-order valence-electron chi connectivity index (χ2n) is 9.56. The summed E-state index contributed by atoms with van der Waals surface area (Å²) in [4.78, 5) is 42.4. The summed E-state index contributed by atoms with van der Waals surface area (Å²) in [6, 6.07) is 20.2. The third-order valence-corrected chi connectivity index (χ3v) is 7.72. The van der Waals surface area contributed by atoms with Crippen LogP contribution >= 0.6 is 11.3 Å². The molecule has 0 radical (unpaired) electrons. The second-order valence-corrected chi connectivity index (χ2v) is 10.6. The van der Waals surface area contributed by atoms with Crippen molar-refractivity contribution in [2.45, 2.75) is 33.4 Å². The van der Waals surface area contributed by atoms with Gasteiger partial charge in [0.15, 0.2) is 16.3 Å². The molecule has 0 unspecified atom stereocenters. The van der Waals surface area contributed by atoms with Gasteiger partial charge < -0.3 is 14.2 Å². The van der Waals surface area contributed by atoms with Crippen molar-refractivity contribution in [3.05, 3.63) is 131 Å². The zero-order chi connectivity index (χ0) is 30.5. The topological polar surface area (TPSA) is 122 Å². The first-order valence-electron chi connectivity index (χ1n) is 13.7. The highest BCUT2D eigenvalue weighted by Crippen LogP contribution is 2.31. The summed E-state index contributed by atoms with van der Waals surface area (Å²) in [5, 5.41) is 10.9. The number of non-ortho nitro benzene ring substituents is 1. The van der Waals surface area contributed by atoms with Crippen LogP contribution in [0.25, 0.3) is 6.08 Å². The highest BCUT2D eigenvalue weighted by molar-refractivity contribution is 7.07. The van der Waals surface area contributed by atoms with Crippen LogP contribution in [-0.4, -0.2) is 28.7 Å². The first-order chi connectivity index (χ1) is 20.8. The molecule has 220 valence electrons. The van der Waals surface area contributed by atoms with E-state index in [-0.39, 0.29) is 24.5 Å². The number of esters is 1. The Labute approximate surface area is 251 Å². The summed E-state index contributed by atoms with van der Waals surface area (Å²) in [6.45, 7) is 6.14. The van der Waals surface area contributed by atoms with Crippen molar-refractivity contribution in [1.82, 2.24) is 4.57 Å². The fraction of sp³-hybridized carbons (Fsp3) is 0.219. The Hall–Kier alpha value is -5.03. The van der Waals surface area contributed by atoms with E-state index >= 15 is 0 Å². The minimum absolute atomic E-state index is 0.00996. The number of rotatable bonds is 10. The Kier molecular flexibility index (Phi) is 8.82. The lowest BCUT2D eigenvalue weighted by Crippen LogP contribution is -2.39. The molecule has 1 aliphatic rings. The van der Waals surface area contributed by atoms with Crippen molar-refractivity contribution >= 4 is 29.1 Å². The standard InChI is InChI=1S/C32H29N3O7S/c1-4-40-26-17-22(13-16-25(26)42-19-21-11-14-24(15-12-21)35(38)39)18-27-30(36)34-29(23-9-7-6-8-10-23)28(31(37)41-5-2)20(3)33-32(34)43-27/h6-18,29H,4-5,19H2,1-3H3/b27-18-/t29-/m0/s1. The molecule has 1 aromatic heterocycles. The van der Waals surface area contributed by atoms with E-state index in [0.29, 0.717) is 44.3 Å². The van der Waals surface area contributed by atoms with Crippen LogP contribution in [-0.2, 0) is 16.1 Å². The number of ether oxygens (including phenoxy) is 3. The van der Waals surface area contributed by atoms with E-state index in [9.17, 15) is 19.7 Å². The first-order valence-corrected chi connectivity index (χ1v) is 14.5. The lowest BCUT2D eigenvalue weighted by Gasteiger charge is -2.24. The van der Waals surface area contributed by atoms with Gasteiger partial charge in [-0.2, -0.15) is 0 Å². The van der Waals surface area contributed by atoms with Gasteiger partial charge in [0.05, 0.1) is 40.0 Å². The number of fused-ring (bicyclic) bond motifs is 1. The predicted molar refractivity (Wildman–Crippen MR) is 162 cm³/mol. The molecule has 0 N–H and O–H groups in total. The number of carbonyl (C=O) groups is 1. The molecular weight excluding hydrogens is 570 g/mol. The van der Waals surface area contributed by atoms with E-state index in [1.807, 2.05) is 43.3 Å². The van der Waals surface area contributed by atoms with Crippen molar-refractivity contribution < 1.29 is 23.9 Å². The maximum atomic E-state index is 13.8. The number of hydrogen-bond donors (Lipinski definition) is 0. The van der Waals surface area contributed by atoms with Gasteiger partial charge in [-0.25, -0.2) is 9.79 Å². The molecule has 43 heavy (non-hydrogen) atoms. The summed E-state index contributed by atoms with van der Waals surface area (Å²) in [6.07, 6.45) is 1.76. The number of nitrogens with zero attached hydrogens (tertiary/aromatic N) is 3. The van der Waals surface area contributed by atoms with Crippen LogP contribution in [0.3, 0.4) is 0 Å². The summed E-state index contributed by atoms with van der Waals surface area (Å²) in [5.74, 6) is 0.490. The van der Waals surface area contributed by atoms with Crippen LogP contribution in [0.4, 0.5) is 5.69 Å². The Morgan fingerprint density at radius 3 is 2.44 bits per heavy atom. The quantitative estimate of drug-likeness (QED) is 0.147. The van der Waals surface area contributed by atoms with Crippen molar-refractivity contribution in [2.24, 2.45) is 4.99 Å². The lowest BCUT2D eigenvalue weighted by atomic mass is 9.96. The van der Waals surface area contributed by atoms with Crippen LogP contribution in [0.5, 0.6) is 11.5 Å². The van der Waals surface area contributed by atoms with Crippen molar-refractivity contribution in [1.29, 1.82) is 0 Å². The molecule has 1 aliphatic heterocycles. The molecule has 0 saturated carbocycles. The smallest absolute Gasteiger partial charge is 0.338 e. The summed E-state index contributed by atoms with van der Waals surface area (Å²) in [5.41, 5.74) is 2.84. The van der Waals surface area contributed by atoms with Gasteiger partial charge in [0.2, 0.25) is 0 Å².